The molecule has 0 aromatic carbocycles. The van der Waals surface area contributed by atoms with E-state index in [1.165, 1.54) is 0 Å². The summed E-state index contributed by atoms with van der Waals surface area (Å²) in [5.74, 6) is 0.955. The quantitative estimate of drug-likeness (QED) is 0.782. The van der Waals surface area contributed by atoms with Gasteiger partial charge in [-0.3, -0.25) is 9.78 Å². The van der Waals surface area contributed by atoms with Crippen LogP contribution in [0.15, 0.2) is 24.5 Å². The summed E-state index contributed by atoms with van der Waals surface area (Å²) >= 11 is 5.61. The van der Waals surface area contributed by atoms with Crippen LogP contribution in [0.25, 0.3) is 0 Å². The first-order valence-electron chi connectivity index (χ1n) is 4.98. The Balaban J connectivity index is 2.37. The molecule has 1 amide bonds. The second-order valence-electron chi connectivity index (χ2n) is 3.53. The number of hydrogen-bond donors (Lipinski definition) is 1. The second-order valence-corrected chi connectivity index (χ2v) is 3.91. The first-order valence-corrected chi connectivity index (χ1v) is 5.51. The summed E-state index contributed by atoms with van der Waals surface area (Å²) in [4.78, 5) is 15.5. The number of carbonyl (C=O) groups excluding carboxylic acids is 1. The van der Waals surface area contributed by atoms with Gasteiger partial charge in [-0.05, 0) is 24.5 Å². The molecule has 82 valence electrons. The van der Waals surface area contributed by atoms with E-state index in [2.05, 4.69) is 17.2 Å². The van der Waals surface area contributed by atoms with Gasteiger partial charge in [0.1, 0.15) is 0 Å². The van der Waals surface area contributed by atoms with Crippen LogP contribution >= 0.6 is 11.6 Å². The molecule has 0 aliphatic carbocycles. The van der Waals surface area contributed by atoms with Crippen LogP contribution in [0.3, 0.4) is 0 Å². The molecule has 1 heterocycles. The molecule has 0 aliphatic rings. The third-order valence-corrected chi connectivity index (χ3v) is 2.35. The van der Waals surface area contributed by atoms with E-state index < -0.39 is 0 Å². The number of nitrogens with one attached hydrogen (secondary N) is 1. The predicted molar refractivity (Wildman–Crippen MR) is 61.1 cm³/mol. The first-order chi connectivity index (χ1) is 7.24. The van der Waals surface area contributed by atoms with Crippen LogP contribution in [-0.2, 0) is 0 Å². The van der Waals surface area contributed by atoms with Gasteiger partial charge in [-0.15, -0.1) is 11.6 Å². The number of pyridine rings is 1. The summed E-state index contributed by atoms with van der Waals surface area (Å²) in [7, 11) is 0. The van der Waals surface area contributed by atoms with Gasteiger partial charge in [0.2, 0.25) is 0 Å². The molecule has 1 aromatic rings. The standard InChI is InChI=1S/C11H15ClN2O/c1-9(4-5-12)7-14-11(15)10-3-2-6-13-8-10/h2-3,6,8-9H,4-5,7H2,1H3,(H,14,15). The van der Waals surface area contributed by atoms with E-state index >= 15 is 0 Å². The van der Waals surface area contributed by atoms with Crippen molar-refractivity contribution in [1.82, 2.24) is 10.3 Å². The Morgan fingerprint density at radius 2 is 2.47 bits per heavy atom. The maximum atomic E-state index is 11.6. The molecule has 0 aliphatic heterocycles. The third-order valence-electron chi connectivity index (χ3n) is 2.14. The molecule has 0 spiro atoms. The van der Waals surface area contributed by atoms with Gasteiger partial charge in [-0.2, -0.15) is 0 Å². The summed E-state index contributed by atoms with van der Waals surface area (Å²) in [6.07, 6.45) is 4.11. The molecule has 15 heavy (non-hydrogen) atoms. The highest BCUT2D eigenvalue weighted by Crippen LogP contribution is 2.02. The van der Waals surface area contributed by atoms with E-state index in [9.17, 15) is 4.79 Å². The molecule has 0 saturated carbocycles. The average molecular weight is 227 g/mol. The summed E-state index contributed by atoms with van der Waals surface area (Å²) in [5, 5.41) is 2.85. The third kappa shape index (κ3) is 4.30. The lowest BCUT2D eigenvalue weighted by molar-refractivity contribution is 0.0947. The van der Waals surface area contributed by atoms with Crippen molar-refractivity contribution in [1.29, 1.82) is 0 Å². The van der Waals surface area contributed by atoms with Crippen LogP contribution in [0, 0.1) is 5.92 Å². The molecular formula is C11H15ClN2O. The summed E-state index contributed by atoms with van der Waals surface area (Å²) in [6.45, 7) is 2.71. The maximum Gasteiger partial charge on any atom is 0.252 e. The van der Waals surface area contributed by atoms with E-state index in [0.717, 1.165) is 6.42 Å². The van der Waals surface area contributed by atoms with Crippen LogP contribution in [-0.4, -0.2) is 23.3 Å². The molecule has 1 unspecified atom stereocenters. The van der Waals surface area contributed by atoms with Crippen molar-refractivity contribution in [2.45, 2.75) is 13.3 Å². The first kappa shape index (κ1) is 12.0. The van der Waals surface area contributed by atoms with Crippen molar-refractivity contribution in [3.63, 3.8) is 0 Å². The van der Waals surface area contributed by atoms with Gasteiger partial charge < -0.3 is 5.32 Å². The molecule has 0 radical (unpaired) electrons. The SMILES string of the molecule is CC(CCCl)CNC(=O)c1cccnc1. The van der Waals surface area contributed by atoms with Crippen molar-refractivity contribution < 1.29 is 4.79 Å². The van der Waals surface area contributed by atoms with E-state index in [1.54, 1.807) is 24.5 Å². The molecule has 0 fully saturated rings. The van der Waals surface area contributed by atoms with E-state index in [-0.39, 0.29) is 5.91 Å². The number of amides is 1. The zero-order chi connectivity index (χ0) is 11.1. The van der Waals surface area contributed by atoms with Crippen LogP contribution in [0.4, 0.5) is 0 Å². The highest BCUT2D eigenvalue weighted by atomic mass is 35.5. The van der Waals surface area contributed by atoms with Crippen LogP contribution in [0.1, 0.15) is 23.7 Å². The van der Waals surface area contributed by atoms with E-state index in [0.29, 0.717) is 23.9 Å². The van der Waals surface area contributed by atoms with Crippen molar-refractivity contribution in [2.75, 3.05) is 12.4 Å². The Hall–Kier alpha value is -1.09. The summed E-state index contributed by atoms with van der Waals surface area (Å²) in [6, 6.07) is 3.49. The van der Waals surface area contributed by atoms with Crippen LogP contribution < -0.4 is 5.32 Å². The Morgan fingerprint density at radius 1 is 1.67 bits per heavy atom. The van der Waals surface area contributed by atoms with Crippen LogP contribution in [0.5, 0.6) is 0 Å². The van der Waals surface area contributed by atoms with Gasteiger partial charge >= 0.3 is 0 Å². The lowest BCUT2D eigenvalue weighted by Gasteiger charge is -2.10. The molecule has 4 heteroatoms. The average Bonchev–Trinajstić information content (AvgIpc) is 2.27. The smallest absolute Gasteiger partial charge is 0.252 e. The minimum Gasteiger partial charge on any atom is -0.352 e. The lowest BCUT2D eigenvalue weighted by atomic mass is 10.1. The fourth-order valence-electron chi connectivity index (χ4n) is 1.15. The largest absolute Gasteiger partial charge is 0.352 e. The molecule has 1 rings (SSSR count). The van der Waals surface area contributed by atoms with E-state index in [4.69, 9.17) is 11.6 Å². The summed E-state index contributed by atoms with van der Waals surface area (Å²) in [5.41, 5.74) is 0.593. The fourth-order valence-corrected chi connectivity index (χ4v) is 1.53. The van der Waals surface area contributed by atoms with Crippen LogP contribution in [0.2, 0.25) is 0 Å². The minimum atomic E-state index is -0.0791. The molecular weight excluding hydrogens is 212 g/mol. The number of hydrogen-bond acceptors (Lipinski definition) is 2. The lowest BCUT2D eigenvalue weighted by Crippen LogP contribution is -2.28. The Kier molecular flexibility index (Phi) is 5.12. The van der Waals surface area contributed by atoms with Gasteiger partial charge in [-0.25, -0.2) is 0 Å². The predicted octanol–water partition coefficient (Wildman–Crippen LogP) is 2.08. The Morgan fingerprint density at radius 3 is 3.07 bits per heavy atom. The molecule has 3 nitrogen and oxygen atoms in total. The van der Waals surface area contributed by atoms with Gasteiger partial charge in [0.25, 0.3) is 5.91 Å². The number of halogens is 1. The summed E-state index contributed by atoms with van der Waals surface area (Å²) < 4.78 is 0. The van der Waals surface area contributed by atoms with Crippen molar-refractivity contribution in [3.05, 3.63) is 30.1 Å². The normalized spacial score (nSPS) is 12.1. The minimum absolute atomic E-state index is 0.0791. The maximum absolute atomic E-state index is 11.6. The molecule has 1 N–H and O–H groups in total. The number of nitrogens with zero attached hydrogens (tertiary/aromatic N) is 1. The van der Waals surface area contributed by atoms with Crippen molar-refractivity contribution >= 4 is 17.5 Å². The van der Waals surface area contributed by atoms with Crippen molar-refractivity contribution in [2.24, 2.45) is 5.92 Å². The highest BCUT2D eigenvalue weighted by molar-refractivity contribution is 6.17. The van der Waals surface area contributed by atoms with Gasteiger partial charge in [-0.1, -0.05) is 6.92 Å². The molecule has 1 atom stereocenters. The zero-order valence-electron chi connectivity index (χ0n) is 8.74. The Labute approximate surface area is 94.9 Å². The molecule has 1 aromatic heterocycles. The number of aromatic nitrogens is 1. The number of carbonyl (C=O) groups is 1. The topological polar surface area (TPSA) is 42.0 Å². The number of alkyl halides is 1. The second kappa shape index (κ2) is 6.40. The fraction of sp³-hybridized carbons (Fsp3) is 0.455. The Bertz CT molecular complexity index is 303. The van der Waals surface area contributed by atoms with Gasteiger partial charge in [0.15, 0.2) is 0 Å². The monoisotopic (exact) mass is 226 g/mol. The van der Waals surface area contributed by atoms with Gasteiger partial charge in [0.05, 0.1) is 5.56 Å². The van der Waals surface area contributed by atoms with Crippen molar-refractivity contribution in [3.8, 4) is 0 Å². The molecule has 0 saturated heterocycles. The van der Waals surface area contributed by atoms with Gasteiger partial charge in [0, 0.05) is 24.8 Å². The van der Waals surface area contributed by atoms with E-state index in [1.807, 2.05) is 0 Å². The zero-order valence-corrected chi connectivity index (χ0v) is 9.50. The highest BCUT2D eigenvalue weighted by Gasteiger charge is 2.06. The number of rotatable bonds is 5. The molecule has 0 bridgehead atoms.